The van der Waals surface area contributed by atoms with E-state index in [-0.39, 0.29) is 11.5 Å². The van der Waals surface area contributed by atoms with E-state index in [2.05, 4.69) is 6.58 Å². The van der Waals surface area contributed by atoms with Crippen LogP contribution in [0.3, 0.4) is 0 Å². The molecule has 0 aromatic heterocycles. The minimum absolute atomic E-state index is 0.0811. The molecule has 0 aliphatic carbocycles. The van der Waals surface area contributed by atoms with E-state index in [0.29, 0.717) is 0 Å². The molecule has 0 saturated carbocycles. The van der Waals surface area contributed by atoms with Crippen molar-refractivity contribution in [2.45, 2.75) is 12.6 Å². The third kappa shape index (κ3) is 3.09. The summed E-state index contributed by atoms with van der Waals surface area (Å²) in [6.07, 6.45) is 0. The van der Waals surface area contributed by atoms with Crippen molar-refractivity contribution < 1.29 is 9.90 Å². The zero-order chi connectivity index (χ0) is 18.6. The number of hydrogen-bond acceptors (Lipinski definition) is 2. The Morgan fingerprint density at radius 3 is 1.31 bits per heavy atom. The smallest absolute Gasteiger partial charge is 0.196 e. The van der Waals surface area contributed by atoms with E-state index in [1.54, 1.807) is 0 Å². The Morgan fingerprint density at radius 2 is 1.08 bits per heavy atom. The Hall–Kier alpha value is -2.70. The molecule has 0 radical (unpaired) electrons. The first-order valence-corrected chi connectivity index (χ1v) is 10.4. The van der Waals surface area contributed by atoms with E-state index in [9.17, 15) is 9.90 Å². The van der Waals surface area contributed by atoms with Crippen LogP contribution in [-0.4, -0.2) is 16.5 Å². The predicted octanol–water partition coefficient (Wildman–Crippen LogP) is 4.01. The van der Waals surface area contributed by atoms with Crippen molar-refractivity contribution in [1.82, 2.24) is 0 Å². The molecule has 0 aliphatic rings. The van der Waals surface area contributed by atoms with Crippen LogP contribution in [-0.2, 0) is 4.79 Å². The molecule has 0 aliphatic heterocycles. The summed E-state index contributed by atoms with van der Waals surface area (Å²) < 4.78 is 0. The Balaban J connectivity index is 2.47. The number of allylic oxidation sites excluding steroid dienone is 1. The van der Waals surface area contributed by atoms with Gasteiger partial charge in [0.1, 0.15) is 28.9 Å². The molecule has 0 amide bonds. The molecule has 130 valence electrons. The maximum Gasteiger partial charge on any atom is 0.196 e. The lowest BCUT2D eigenvalue weighted by atomic mass is 10.3. The maximum absolute atomic E-state index is 12.8. The number of carbonyl (C=O) groups excluding carboxylic acids is 1. The van der Waals surface area contributed by atoms with Crippen molar-refractivity contribution in [3.63, 3.8) is 0 Å². The third-order valence-corrected chi connectivity index (χ3v) is 9.35. The molecule has 26 heavy (non-hydrogen) atoms. The molecule has 2 nitrogen and oxygen atoms in total. The van der Waals surface area contributed by atoms with E-state index in [0.717, 1.165) is 15.9 Å². The fraction of sp³-hybridized carbons (Fsp3) is 0.0870. The molecular formula is C23H22O2P+. The highest BCUT2D eigenvalue weighted by atomic mass is 31.2. The number of carbonyl (C=O) groups is 1. The first kappa shape index (κ1) is 18.1. The standard InChI is InChI=1S/C23H21O2P/c1-18(24)23(19(2)25)26(20-12-6-3-7-13-20,21-14-8-4-9-15-21)22-16-10-5-11-17-22/h3-17,23H,1H2,2H3/p+1. The first-order chi connectivity index (χ1) is 12.6. The zero-order valence-electron chi connectivity index (χ0n) is 14.7. The molecule has 0 saturated heterocycles. The average molecular weight is 361 g/mol. The van der Waals surface area contributed by atoms with Gasteiger partial charge in [-0.05, 0) is 43.3 Å². The van der Waals surface area contributed by atoms with Crippen molar-refractivity contribution in [1.29, 1.82) is 0 Å². The number of Topliss-reactive ketones (excluding diaryl/α,β-unsaturated/α-hetero) is 1. The normalized spacial score (nSPS) is 12.3. The van der Waals surface area contributed by atoms with Gasteiger partial charge in [0.2, 0.25) is 0 Å². The Morgan fingerprint density at radius 1 is 0.769 bits per heavy atom. The minimum Gasteiger partial charge on any atom is -0.508 e. The molecular weight excluding hydrogens is 339 g/mol. The highest BCUT2D eigenvalue weighted by molar-refractivity contribution is 7.97. The second-order valence-electron chi connectivity index (χ2n) is 6.23. The van der Waals surface area contributed by atoms with E-state index in [1.807, 2.05) is 91.0 Å². The molecule has 3 heteroatoms. The summed E-state index contributed by atoms with van der Waals surface area (Å²) in [6, 6.07) is 30.1. The van der Waals surface area contributed by atoms with Gasteiger partial charge < -0.3 is 5.11 Å². The van der Waals surface area contributed by atoms with Crippen LogP contribution in [0.5, 0.6) is 0 Å². The van der Waals surface area contributed by atoms with Gasteiger partial charge in [-0.1, -0.05) is 61.2 Å². The molecule has 1 N–H and O–H groups in total. The molecule has 3 aromatic rings. The summed E-state index contributed by atoms with van der Waals surface area (Å²) in [4.78, 5) is 12.8. The van der Waals surface area contributed by atoms with Gasteiger partial charge in [0.05, 0.1) is 0 Å². The van der Waals surface area contributed by atoms with Crippen LogP contribution in [0.15, 0.2) is 103 Å². The van der Waals surface area contributed by atoms with Crippen molar-refractivity contribution in [3.05, 3.63) is 103 Å². The Bertz CT molecular complexity index is 779. The van der Waals surface area contributed by atoms with Gasteiger partial charge >= 0.3 is 0 Å². The quantitative estimate of drug-likeness (QED) is 0.532. The summed E-state index contributed by atoms with van der Waals surface area (Å²) in [5.41, 5.74) is -0.685. The summed E-state index contributed by atoms with van der Waals surface area (Å²) in [5.74, 6) is -0.162. The van der Waals surface area contributed by atoms with Crippen LogP contribution in [0, 0.1) is 0 Å². The molecule has 0 heterocycles. The van der Waals surface area contributed by atoms with E-state index in [1.165, 1.54) is 6.92 Å². The SMILES string of the molecule is C=C(O)C(C(C)=O)[P+](c1ccccc1)(c1ccccc1)c1ccccc1. The van der Waals surface area contributed by atoms with Gasteiger partial charge in [-0.25, -0.2) is 0 Å². The van der Waals surface area contributed by atoms with Crippen LogP contribution in [0.25, 0.3) is 0 Å². The topological polar surface area (TPSA) is 37.3 Å². The third-order valence-electron chi connectivity index (χ3n) is 4.58. The van der Waals surface area contributed by atoms with Crippen molar-refractivity contribution >= 4 is 29.0 Å². The average Bonchev–Trinajstić information content (AvgIpc) is 2.67. The zero-order valence-corrected chi connectivity index (χ0v) is 15.6. The lowest BCUT2D eigenvalue weighted by Crippen LogP contribution is -2.42. The summed E-state index contributed by atoms with van der Waals surface area (Å²) in [5, 5.41) is 13.7. The number of hydrogen-bond donors (Lipinski definition) is 1. The van der Waals surface area contributed by atoms with Crippen molar-refractivity contribution in [2.75, 3.05) is 0 Å². The fourth-order valence-corrected chi connectivity index (χ4v) is 8.32. The molecule has 1 atom stereocenters. The molecule has 1 unspecified atom stereocenters. The second-order valence-corrected chi connectivity index (χ2v) is 9.74. The lowest BCUT2D eigenvalue weighted by Gasteiger charge is -2.32. The van der Waals surface area contributed by atoms with Crippen LogP contribution in [0.2, 0.25) is 0 Å². The van der Waals surface area contributed by atoms with Gasteiger partial charge in [-0.2, -0.15) is 0 Å². The predicted molar refractivity (Wildman–Crippen MR) is 111 cm³/mol. The highest BCUT2D eigenvalue weighted by Gasteiger charge is 2.56. The molecule has 3 rings (SSSR count). The summed E-state index contributed by atoms with van der Waals surface area (Å²) in [6.45, 7) is 5.32. The Labute approximate surface area is 155 Å². The van der Waals surface area contributed by atoms with E-state index < -0.39 is 12.9 Å². The largest absolute Gasteiger partial charge is 0.508 e. The van der Waals surface area contributed by atoms with Crippen molar-refractivity contribution in [2.24, 2.45) is 0 Å². The van der Waals surface area contributed by atoms with Crippen LogP contribution in [0.1, 0.15) is 6.92 Å². The number of aliphatic hydroxyl groups is 1. The van der Waals surface area contributed by atoms with Crippen LogP contribution < -0.4 is 15.9 Å². The van der Waals surface area contributed by atoms with Gasteiger partial charge in [0.15, 0.2) is 11.4 Å². The summed E-state index contributed by atoms with van der Waals surface area (Å²) in [7, 11) is -2.47. The highest BCUT2D eigenvalue weighted by Crippen LogP contribution is 2.61. The molecule has 0 spiro atoms. The number of rotatable bonds is 6. The van der Waals surface area contributed by atoms with Gasteiger partial charge in [0.25, 0.3) is 0 Å². The van der Waals surface area contributed by atoms with E-state index >= 15 is 0 Å². The number of benzene rings is 3. The van der Waals surface area contributed by atoms with Gasteiger partial charge in [-0.15, -0.1) is 0 Å². The first-order valence-electron chi connectivity index (χ1n) is 8.52. The minimum atomic E-state index is -2.47. The maximum atomic E-state index is 12.8. The Kier molecular flexibility index (Phi) is 5.35. The monoisotopic (exact) mass is 361 g/mol. The summed E-state index contributed by atoms with van der Waals surface area (Å²) >= 11 is 0. The fourth-order valence-electron chi connectivity index (χ4n) is 3.61. The molecule has 0 fully saturated rings. The molecule has 3 aromatic carbocycles. The lowest BCUT2D eigenvalue weighted by molar-refractivity contribution is -0.116. The number of ketones is 1. The van der Waals surface area contributed by atoms with Gasteiger partial charge in [-0.3, -0.25) is 4.79 Å². The van der Waals surface area contributed by atoms with Crippen LogP contribution in [0.4, 0.5) is 0 Å². The van der Waals surface area contributed by atoms with Gasteiger partial charge in [0, 0.05) is 0 Å². The number of aliphatic hydroxyl groups excluding tert-OH is 1. The second kappa shape index (κ2) is 7.68. The molecule has 0 bridgehead atoms. The van der Waals surface area contributed by atoms with Crippen molar-refractivity contribution in [3.8, 4) is 0 Å². The van der Waals surface area contributed by atoms with Crippen LogP contribution >= 0.6 is 7.26 Å². The van der Waals surface area contributed by atoms with E-state index in [4.69, 9.17) is 0 Å².